The summed E-state index contributed by atoms with van der Waals surface area (Å²) in [5, 5.41) is 1.08. The van der Waals surface area contributed by atoms with Gasteiger partial charge in [-0.25, -0.2) is 0 Å². The average molecular weight is 423 g/mol. The summed E-state index contributed by atoms with van der Waals surface area (Å²) in [6.45, 7) is 6.22. The molecule has 1 aliphatic heterocycles. The van der Waals surface area contributed by atoms with Gasteiger partial charge in [0.15, 0.2) is 11.5 Å². The minimum atomic E-state index is 0.413. The number of aryl methyl sites for hydroxylation is 1. The van der Waals surface area contributed by atoms with E-state index in [2.05, 4.69) is 29.0 Å². The zero-order valence-electron chi connectivity index (χ0n) is 16.6. The summed E-state index contributed by atoms with van der Waals surface area (Å²) in [6, 6.07) is 11.7. The van der Waals surface area contributed by atoms with Crippen LogP contribution in [0.4, 0.5) is 0 Å². The van der Waals surface area contributed by atoms with Crippen molar-refractivity contribution >= 4 is 23.2 Å². The van der Waals surface area contributed by atoms with Crippen LogP contribution >= 0.6 is 23.2 Å². The van der Waals surface area contributed by atoms with E-state index in [4.69, 9.17) is 32.7 Å². The zero-order valence-corrected chi connectivity index (χ0v) is 18.1. The molecule has 0 N–H and O–H groups in total. The first-order valence-corrected chi connectivity index (χ1v) is 10.5. The molecule has 0 spiro atoms. The molecule has 0 unspecified atom stereocenters. The Morgan fingerprint density at radius 3 is 2.36 bits per heavy atom. The van der Waals surface area contributed by atoms with Crippen molar-refractivity contribution in [2.24, 2.45) is 0 Å². The van der Waals surface area contributed by atoms with Gasteiger partial charge in [-0.15, -0.1) is 0 Å². The monoisotopic (exact) mass is 422 g/mol. The molecule has 152 valence electrons. The molecule has 0 aliphatic carbocycles. The third-order valence-corrected chi connectivity index (χ3v) is 5.88. The molecule has 4 nitrogen and oxygen atoms in total. The number of halogens is 2. The quantitative estimate of drug-likeness (QED) is 0.611. The van der Waals surface area contributed by atoms with Gasteiger partial charge in [0.1, 0.15) is 6.61 Å². The predicted molar refractivity (Wildman–Crippen MR) is 116 cm³/mol. The summed E-state index contributed by atoms with van der Waals surface area (Å²) in [4.78, 5) is 4.93. The molecule has 1 saturated heterocycles. The predicted octanol–water partition coefficient (Wildman–Crippen LogP) is 4.76. The Morgan fingerprint density at radius 2 is 1.64 bits per heavy atom. The third-order valence-electron chi connectivity index (χ3n) is 5.14. The first kappa shape index (κ1) is 21.3. The lowest BCUT2D eigenvalue weighted by Crippen LogP contribution is -2.44. The van der Waals surface area contributed by atoms with Crippen LogP contribution in [0, 0.1) is 0 Å². The topological polar surface area (TPSA) is 24.9 Å². The molecule has 0 saturated carbocycles. The molecule has 0 amide bonds. The molecule has 0 bridgehead atoms. The number of ether oxygens (including phenoxy) is 2. The van der Waals surface area contributed by atoms with Gasteiger partial charge < -0.3 is 19.3 Å². The van der Waals surface area contributed by atoms with Gasteiger partial charge in [0.2, 0.25) is 0 Å². The smallest absolute Gasteiger partial charge is 0.161 e. The first-order chi connectivity index (χ1) is 13.5. The van der Waals surface area contributed by atoms with Crippen molar-refractivity contribution in [3.63, 3.8) is 0 Å². The van der Waals surface area contributed by atoms with Crippen molar-refractivity contribution in [2.75, 3.05) is 46.9 Å². The molecule has 1 aliphatic rings. The molecule has 1 heterocycles. The molecular weight excluding hydrogens is 395 g/mol. The van der Waals surface area contributed by atoms with Crippen LogP contribution in [0.25, 0.3) is 0 Å². The number of likely N-dealkylation sites (N-methyl/N-ethyl adjacent to an activating group) is 1. The van der Waals surface area contributed by atoms with Gasteiger partial charge in [0, 0.05) is 26.2 Å². The van der Waals surface area contributed by atoms with Gasteiger partial charge >= 0.3 is 0 Å². The fraction of sp³-hybridized carbons (Fsp3) is 0.455. The second kappa shape index (κ2) is 10.4. The van der Waals surface area contributed by atoms with Crippen LogP contribution < -0.4 is 9.47 Å². The van der Waals surface area contributed by atoms with Crippen LogP contribution in [0.1, 0.15) is 17.5 Å². The maximum absolute atomic E-state index is 6.07. The van der Waals surface area contributed by atoms with Crippen molar-refractivity contribution in [3.8, 4) is 11.5 Å². The number of hydrogen-bond donors (Lipinski definition) is 0. The lowest BCUT2D eigenvalue weighted by atomic mass is 10.1. The number of nitrogens with zero attached hydrogens (tertiary/aromatic N) is 2. The Balaban J connectivity index is 1.52. The summed E-state index contributed by atoms with van der Waals surface area (Å²) >= 11 is 12.0. The Bertz CT molecular complexity index is 777. The molecule has 0 atom stereocenters. The summed E-state index contributed by atoms with van der Waals surface area (Å²) in [7, 11) is 3.87. The van der Waals surface area contributed by atoms with Crippen molar-refractivity contribution in [1.82, 2.24) is 9.80 Å². The normalized spacial score (nSPS) is 15.6. The van der Waals surface area contributed by atoms with E-state index in [0.29, 0.717) is 16.7 Å². The highest BCUT2D eigenvalue weighted by Crippen LogP contribution is 2.30. The fourth-order valence-electron chi connectivity index (χ4n) is 3.36. The van der Waals surface area contributed by atoms with E-state index in [9.17, 15) is 0 Å². The van der Waals surface area contributed by atoms with Crippen LogP contribution in [0.15, 0.2) is 36.4 Å². The standard InChI is InChI=1S/C22H28Cl2N2O2/c1-25-10-12-26(13-11-25)9-3-4-17-6-8-21(22(15-17)27-2)28-16-18-5-7-19(23)20(24)14-18/h5-8,14-15H,3-4,9-13,16H2,1-2H3. The van der Waals surface area contributed by atoms with E-state index in [1.165, 1.54) is 31.7 Å². The molecule has 2 aromatic rings. The number of methoxy groups -OCH3 is 1. The highest BCUT2D eigenvalue weighted by atomic mass is 35.5. The largest absolute Gasteiger partial charge is 0.493 e. The van der Waals surface area contributed by atoms with E-state index < -0.39 is 0 Å². The van der Waals surface area contributed by atoms with E-state index in [-0.39, 0.29) is 0 Å². The first-order valence-electron chi connectivity index (χ1n) is 9.69. The highest BCUT2D eigenvalue weighted by molar-refractivity contribution is 6.42. The molecule has 6 heteroatoms. The minimum Gasteiger partial charge on any atom is -0.493 e. The SMILES string of the molecule is COc1cc(CCCN2CCN(C)CC2)ccc1OCc1ccc(Cl)c(Cl)c1. The lowest BCUT2D eigenvalue weighted by Gasteiger charge is -2.32. The Labute approximate surface area is 177 Å². The average Bonchev–Trinajstić information content (AvgIpc) is 2.71. The summed E-state index contributed by atoms with van der Waals surface area (Å²) in [6.07, 6.45) is 2.19. The molecule has 0 aromatic heterocycles. The zero-order chi connectivity index (χ0) is 19.9. The van der Waals surface area contributed by atoms with Crippen LogP contribution in [0.2, 0.25) is 10.0 Å². The third kappa shape index (κ3) is 6.02. The van der Waals surface area contributed by atoms with Gasteiger partial charge in [-0.2, -0.15) is 0 Å². The van der Waals surface area contributed by atoms with Crippen LogP contribution in [0.5, 0.6) is 11.5 Å². The molecule has 2 aromatic carbocycles. The number of piperazine rings is 1. The van der Waals surface area contributed by atoms with Crippen molar-refractivity contribution in [2.45, 2.75) is 19.4 Å². The van der Waals surface area contributed by atoms with Gasteiger partial charge in [0.05, 0.1) is 17.2 Å². The van der Waals surface area contributed by atoms with Crippen molar-refractivity contribution < 1.29 is 9.47 Å². The molecule has 28 heavy (non-hydrogen) atoms. The molecular formula is C22H28Cl2N2O2. The van der Waals surface area contributed by atoms with Crippen LogP contribution in [-0.2, 0) is 13.0 Å². The number of hydrogen-bond acceptors (Lipinski definition) is 4. The van der Waals surface area contributed by atoms with Crippen molar-refractivity contribution in [3.05, 3.63) is 57.6 Å². The number of rotatable bonds is 8. The Kier molecular flexibility index (Phi) is 7.86. The summed E-state index contributed by atoms with van der Waals surface area (Å²) < 4.78 is 11.5. The minimum absolute atomic E-state index is 0.413. The Morgan fingerprint density at radius 1 is 0.893 bits per heavy atom. The van der Waals surface area contributed by atoms with Crippen LogP contribution in [-0.4, -0.2) is 56.7 Å². The van der Waals surface area contributed by atoms with Gasteiger partial charge in [0.25, 0.3) is 0 Å². The fourth-order valence-corrected chi connectivity index (χ4v) is 3.68. The van der Waals surface area contributed by atoms with Gasteiger partial charge in [-0.05, 0) is 61.8 Å². The Hall–Kier alpha value is -1.46. The van der Waals surface area contributed by atoms with Crippen LogP contribution in [0.3, 0.4) is 0 Å². The second-order valence-electron chi connectivity index (χ2n) is 7.27. The second-order valence-corrected chi connectivity index (χ2v) is 8.09. The summed E-state index contributed by atoms with van der Waals surface area (Å²) in [5.41, 5.74) is 2.24. The maximum atomic E-state index is 6.07. The van der Waals surface area contributed by atoms with E-state index >= 15 is 0 Å². The van der Waals surface area contributed by atoms with E-state index in [1.807, 2.05) is 18.2 Å². The van der Waals surface area contributed by atoms with E-state index in [0.717, 1.165) is 36.4 Å². The molecule has 0 radical (unpaired) electrons. The summed E-state index contributed by atoms with van der Waals surface area (Å²) in [5.74, 6) is 1.49. The molecule has 3 rings (SSSR count). The van der Waals surface area contributed by atoms with Crippen molar-refractivity contribution in [1.29, 1.82) is 0 Å². The molecule has 1 fully saturated rings. The number of benzene rings is 2. The lowest BCUT2D eigenvalue weighted by molar-refractivity contribution is 0.153. The van der Waals surface area contributed by atoms with Gasteiger partial charge in [-0.3, -0.25) is 0 Å². The van der Waals surface area contributed by atoms with Gasteiger partial charge in [-0.1, -0.05) is 35.3 Å². The van der Waals surface area contributed by atoms with E-state index in [1.54, 1.807) is 13.2 Å². The highest BCUT2D eigenvalue weighted by Gasteiger charge is 2.13. The maximum Gasteiger partial charge on any atom is 0.161 e.